The van der Waals surface area contributed by atoms with Crippen molar-refractivity contribution in [3.8, 4) is 0 Å². The Morgan fingerprint density at radius 2 is 1.83 bits per heavy atom. The van der Waals surface area contributed by atoms with Crippen molar-refractivity contribution in [2.45, 2.75) is 49.2 Å². The fourth-order valence-corrected chi connectivity index (χ4v) is 5.32. The van der Waals surface area contributed by atoms with Gasteiger partial charge in [0.05, 0.1) is 10.9 Å². The summed E-state index contributed by atoms with van der Waals surface area (Å²) < 4.78 is 29.9. The Morgan fingerprint density at radius 3 is 2.48 bits per heavy atom. The van der Waals surface area contributed by atoms with Crippen molar-refractivity contribution in [3.05, 3.63) is 70.5 Å². The van der Waals surface area contributed by atoms with E-state index in [2.05, 4.69) is 34.0 Å². The number of halogens is 1. The molecule has 29 heavy (non-hydrogen) atoms. The number of sulfonamides is 1. The largest absolute Gasteiger partial charge is 0.305 e. The number of hydrogen-bond donors (Lipinski definition) is 1. The van der Waals surface area contributed by atoms with E-state index in [9.17, 15) is 8.42 Å². The average Bonchev–Trinajstić information content (AvgIpc) is 3.10. The topological polar surface area (TPSA) is 76.9 Å². The summed E-state index contributed by atoms with van der Waals surface area (Å²) in [6, 6.07) is 13.7. The molecule has 0 spiro atoms. The quantitative estimate of drug-likeness (QED) is 0.508. The third-order valence-electron chi connectivity index (χ3n) is 4.52. The van der Waals surface area contributed by atoms with Crippen LogP contribution in [0.2, 0.25) is 5.02 Å². The summed E-state index contributed by atoms with van der Waals surface area (Å²) in [4.78, 5) is 0.158. The van der Waals surface area contributed by atoms with Gasteiger partial charge >= 0.3 is 0 Å². The molecule has 3 rings (SSSR count). The summed E-state index contributed by atoms with van der Waals surface area (Å²) >= 11 is 7.44. The molecular weight excluding hydrogens is 428 g/mol. The van der Waals surface area contributed by atoms with Gasteiger partial charge in [-0.15, -0.1) is 10.2 Å². The Morgan fingerprint density at radius 1 is 1.14 bits per heavy atom. The summed E-state index contributed by atoms with van der Waals surface area (Å²) in [6.45, 7) is 6.48. The number of hydrogen-bond acceptors (Lipinski definition) is 5. The van der Waals surface area contributed by atoms with Crippen LogP contribution in [0.25, 0.3) is 0 Å². The molecule has 1 aromatic heterocycles. The fraction of sp³-hybridized carbons (Fsp3) is 0.300. The van der Waals surface area contributed by atoms with Crippen LogP contribution in [0.5, 0.6) is 0 Å². The zero-order valence-electron chi connectivity index (χ0n) is 16.5. The van der Waals surface area contributed by atoms with Gasteiger partial charge < -0.3 is 4.57 Å². The summed E-state index contributed by atoms with van der Waals surface area (Å²) in [5, 5.41) is 9.80. The normalized spacial score (nSPS) is 12.8. The van der Waals surface area contributed by atoms with E-state index < -0.39 is 16.1 Å². The molecule has 0 aliphatic heterocycles. The molecule has 2 aromatic carbocycles. The lowest BCUT2D eigenvalue weighted by Gasteiger charge is -2.15. The van der Waals surface area contributed by atoms with Crippen molar-refractivity contribution < 1.29 is 8.42 Å². The number of aryl methyl sites for hydroxylation is 1. The van der Waals surface area contributed by atoms with Crippen LogP contribution in [0.4, 0.5) is 0 Å². The molecule has 0 aliphatic carbocycles. The van der Waals surface area contributed by atoms with Gasteiger partial charge in [0.1, 0.15) is 0 Å². The molecule has 1 N–H and O–H groups in total. The van der Waals surface area contributed by atoms with E-state index in [1.165, 1.54) is 23.3 Å². The molecule has 154 valence electrons. The van der Waals surface area contributed by atoms with Crippen LogP contribution in [0.15, 0.2) is 58.6 Å². The summed E-state index contributed by atoms with van der Waals surface area (Å²) in [5.41, 5.74) is 2.47. The summed E-state index contributed by atoms with van der Waals surface area (Å²) in [5.74, 6) is 1.35. The van der Waals surface area contributed by atoms with Crippen LogP contribution in [0.3, 0.4) is 0 Å². The molecule has 0 radical (unpaired) electrons. The first-order valence-electron chi connectivity index (χ1n) is 9.20. The second-order valence-electron chi connectivity index (χ2n) is 6.60. The van der Waals surface area contributed by atoms with Gasteiger partial charge in [-0.25, -0.2) is 13.1 Å². The monoisotopic (exact) mass is 450 g/mol. The first-order valence-corrected chi connectivity index (χ1v) is 12.0. The Balaban J connectivity index is 1.76. The van der Waals surface area contributed by atoms with Crippen molar-refractivity contribution in [1.29, 1.82) is 0 Å². The van der Waals surface area contributed by atoms with Gasteiger partial charge in [0.15, 0.2) is 11.0 Å². The smallest absolute Gasteiger partial charge is 0.241 e. The van der Waals surface area contributed by atoms with E-state index in [1.54, 1.807) is 30.8 Å². The van der Waals surface area contributed by atoms with Gasteiger partial charge in [-0.1, -0.05) is 47.6 Å². The molecule has 1 heterocycles. The third kappa shape index (κ3) is 5.19. The molecular formula is C20H23ClN4O2S2. The SMILES string of the molecule is CCn1c(SCc2ccccc2C)nnc1[C@@H](C)NS(=O)(=O)c1ccc(Cl)cc1. The van der Waals surface area contributed by atoms with E-state index >= 15 is 0 Å². The molecule has 0 amide bonds. The van der Waals surface area contributed by atoms with Gasteiger partial charge in [-0.05, 0) is 56.2 Å². The van der Waals surface area contributed by atoms with E-state index in [0.717, 1.165) is 10.9 Å². The van der Waals surface area contributed by atoms with Crippen molar-refractivity contribution in [2.75, 3.05) is 0 Å². The highest BCUT2D eigenvalue weighted by Crippen LogP contribution is 2.26. The minimum Gasteiger partial charge on any atom is -0.305 e. The van der Waals surface area contributed by atoms with E-state index in [1.807, 2.05) is 23.6 Å². The second kappa shape index (κ2) is 9.30. The Kier molecular flexibility index (Phi) is 7.00. The molecule has 1 atom stereocenters. The zero-order chi connectivity index (χ0) is 21.0. The molecule has 3 aromatic rings. The van der Waals surface area contributed by atoms with Crippen LogP contribution in [-0.4, -0.2) is 23.2 Å². The highest BCUT2D eigenvalue weighted by Gasteiger charge is 2.23. The Labute approximate surface area is 180 Å². The number of rotatable bonds is 8. The maximum Gasteiger partial charge on any atom is 0.241 e. The van der Waals surface area contributed by atoms with Crippen molar-refractivity contribution in [2.24, 2.45) is 0 Å². The number of nitrogens with zero attached hydrogens (tertiary/aromatic N) is 3. The Bertz CT molecular complexity index is 1080. The predicted molar refractivity (Wildman–Crippen MR) is 117 cm³/mol. The highest BCUT2D eigenvalue weighted by atomic mass is 35.5. The van der Waals surface area contributed by atoms with Crippen LogP contribution in [0.1, 0.15) is 36.8 Å². The predicted octanol–water partition coefficient (Wildman–Crippen LogP) is 4.59. The minimum atomic E-state index is -3.70. The van der Waals surface area contributed by atoms with Gasteiger partial charge in [0.2, 0.25) is 10.0 Å². The fourth-order valence-electron chi connectivity index (χ4n) is 2.91. The van der Waals surface area contributed by atoms with Gasteiger partial charge in [0.25, 0.3) is 0 Å². The second-order valence-corrected chi connectivity index (χ2v) is 9.69. The molecule has 0 saturated heterocycles. The van der Waals surface area contributed by atoms with Crippen molar-refractivity contribution in [1.82, 2.24) is 19.5 Å². The van der Waals surface area contributed by atoms with E-state index in [4.69, 9.17) is 11.6 Å². The van der Waals surface area contributed by atoms with Gasteiger partial charge in [-0.3, -0.25) is 0 Å². The lowest BCUT2D eigenvalue weighted by Crippen LogP contribution is -2.29. The highest BCUT2D eigenvalue weighted by molar-refractivity contribution is 7.98. The molecule has 0 saturated carbocycles. The van der Waals surface area contributed by atoms with Gasteiger partial charge in [-0.2, -0.15) is 0 Å². The zero-order valence-corrected chi connectivity index (χ0v) is 18.9. The average molecular weight is 451 g/mol. The first-order chi connectivity index (χ1) is 13.8. The molecule has 9 heteroatoms. The van der Waals surface area contributed by atoms with Crippen LogP contribution >= 0.6 is 23.4 Å². The minimum absolute atomic E-state index is 0.158. The summed E-state index contributed by atoms with van der Waals surface area (Å²) in [7, 11) is -3.70. The lowest BCUT2D eigenvalue weighted by molar-refractivity contribution is 0.539. The molecule has 0 unspecified atom stereocenters. The third-order valence-corrected chi connectivity index (χ3v) is 7.35. The van der Waals surface area contributed by atoms with Crippen molar-refractivity contribution >= 4 is 33.4 Å². The van der Waals surface area contributed by atoms with Crippen molar-refractivity contribution in [3.63, 3.8) is 0 Å². The maximum atomic E-state index is 12.7. The molecule has 0 bridgehead atoms. The molecule has 0 aliphatic rings. The maximum absolute atomic E-state index is 12.7. The van der Waals surface area contributed by atoms with Crippen LogP contribution < -0.4 is 4.72 Å². The molecule has 0 fully saturated rings. The first kappa shape index (κ1) is 21.8. The lowest BCUT2D eigenvalue weighted by atomic mass is 10.1. The molecule has 6 nitrogen and oxygen atoms in total. The Hall–Kier alpha value is -1.87. The standard InChI is InChI=1S/C20H23ClN4O2S2/c1-4-25-19(15(3)24-29(26,27)18-11-9-17(21)10-12-18)22-23-20(25)28-13-16-8-6-5-7-14(16)2/h5-12,15,24H,4,13H2,1-3H3/t15-/m1/s1. The van der Waals surface area contributed by atoms with Crippen LogP contribution in [0, 0.1) is 6.92 Å². The van der Waals surface area contributed by atoms with Crippen LogP contribution in [-0.2, 0) is 22.3 Å². The number of aromatic nitrogens is 3. The number of thioether (sulfide) groups is 1. The van der Waals surface area contributed by atoms with Gasteiger partial charge in [0, 0.05) is 17.3 Å². The number of nitrogens with one attached hydrogen (secondary N) is 1. The van der Waals surface area contributed by atoms with E-state index in [0.29, 0.717) is 17.4 Å². The van der Waals surface area contributed by atoms with E-state index in [-0.39, 0.29) is 4.90 Å². The number of benzene rings is 2. The summed E-state index contributed by atoms with van der Waals surface area (Å²) in [6.07, 6.45) is 0.